The summed E-state index contributed by atoms with van der Waals surface area (Å²) in [5, 5.41) is -5.89. The highest BCUT2D eigenvalue weighted by Crippen LogP contribution is 2.44. The largest absolute Gasteiger partial charge is 0.426 e. The summed E-state index contributed by atoms with van der Waals surface area (Å²) in [4.78, 5) is 0. The van der Waals surface area contributed by atoms with Crippen LogP contribution in [-0.4, -0.2) is 42.4 Å². The van der Waals surface area contributed by atoms with Crippen molar-refractivity contribution < 1.29 is 34.8 Å². The first-order valence-corrected chi connectivity index (χ1v) is 6.72. The molecule has 0 saturated carbocycles. The van der Waals surface area contributed by atoms with Crippen molar-refractivity contribution in [1.29, 1.82) is 0 Å². The molecular weight excluding hydrogens is 300 g/mol. The summed E-state index contributed by atoms with van der Waals surface area (Å²) >= 11 is 0. The summed E-state index contributed by atoms with van der Waals surface area (Å²) in [5.41, 5.74) is 0. The first kappa shape index (κ1) is 18.5. The number of hydrogen-bond acceptors (Lipinski definition) is 2. The Bertz CT molecular complexity index is 399. The van der Waals surface area contributed by atoms with Gasteiger partial charge in [0.05, 0.1) is 0 Å². The molecule has 0 fully saturated rings. The maximum Gasteiger partial charge on any atom is 0.426 e. The van der Waals surface area contributed by atoms with Crippen LogP contribution in [-0.2, 0) is 10.0 Å². The normalized spacial score (nSPS) is 15.1. The molecule has 0 unspecified atom stereocenters. The Labute approximate surface area is 107 Å². The maximum atomic E-state index is 13.3. The monoisotopic (exact) mass is 315 g/mol. The molecule has 0 aromatic heterocycles. The van der Waals surface area contributed by atoms with E-state index >= 15 is 0 Å². The van der Waals surface area contributed by atoms with E-state index in [9.17, 15) is 34.8 Å². The Balaban J connectivity index is 5.89. The van der Waals surface area contributed by atoms with Crippen molar-refractivity contribution in [3.05, 3.63) is 0 Å². The van der Waals surface area contributed by atoms with Crippen molar-refractivity contribution in [3.8, 4) is 0 Å². The van der Waals surface area contributed by atoms with Gasteiger partial charge in [0.1, 0.15) is 0 Å². The van der Waals surface area contributed by atoms with Crippen molar-refractivity contribution in [1.82, 2.24) is 4.31 Å². The van der Waals surface area contributed by atoms with Crippen LogP contribution < -0.4 is 0 Å². The van der Waals surface area contributed by atoms with Crippen LogP contribution in [0.1, 0.15) is 27.7 Å². The molecule has 116 valence electrons. The van der Waals surface area contributed by atoms with E-state index in [1.807, 2.05) is 0 Å². The molecule has 0 aliphatic heterocycles. The van der Waals surface area contributed by atoms with Crippen LogP contribution in [0.4, 0.5) is 26.3 Å². The Hall–Kier alpha value is -0.510. The fourth-order valence-electron chi connectivity index (χ4n) is 1.58. The minimum Gasteiger partial charge on any atom is -0.206 e. The Morgan fingerprint density at radius 1 is 0.895 bits per heavy atom. The third kappa shape index (κ3) is 2.99. The van der Waals surface area contributed by atoms with Gasteiger partial charge in [0.2, 0.25) is 0 Å². The minimum absolute atomic E-state index is 0.0866. The van der Waals surface area contributed by atoms with E-state index in [-0.39, 0.29) is 4.31 Å². The average Bonchev–Trinajstić information content (AvgIpc) is 2.14. The van der Waals surface area contributed by atoms with Gasteiger partial charge in [-0.2, -0.15) is 21.9 Å². The number of halogens is 6. The van der Waals surface area contributed by atoms with Gasteiger partial charge in [0, 0.05) is 12.1 Å². The van der Waals surface area contributed by atoms with Crippen molar-refractivity contribution in [2.75, 3.05) is 0 Å². The number of sulfonamides is 1. The van der Waals surface area contributed by atoms with Gasteiger partial charge in [0.25, 0.3) is 10.0 Å². The van der Waals surface area contributed by atoms with Crippen molar-refractivity contribution in [2.24, 2.45) is 0 Å². The third-order valence-corrected chi connectivity index (χ3v) is 4.60. The Morgan fingerprint density at radius 2 is 1.21 bits per heavy atom. The topological polar surface area (TPSA) is 37.4 Å². The van der Waals surface area contributed by atoms with Gasteiger partial charge in [-0.1, -0.05) is 0 Å². The van der Waals surface area contributed by atoms with E-state index in [1.165, 1.54) is 27.7 Å². The SMILES string of the molecule is CC(C)N(C(C)C)S(=O)(=O)C(F)(F)C(F)(F)C(F)F. The first-order valence-electron chi connectivity index (χ1n) is 5.28. The van der Waals surface area contributed by atoms with Gasteiger partial charge in [-0.3, -0.25) is 0 Å². The van der Waals surface area contributed by atoms with Gasteiger partial charge in [-0.25, -0.2) is 17.2 Å². The molecule has 3 nitrogen and oxygen atoms in total. The van der Waals surface area contributed by atoms with Gasteiger partial charge >= 0.3 is 17.6 Å². The second-order valence-corrected chi connectivity index (χ2v) is 6.35. The third-order valence-electron chi connectivity index (χ3n) is 2.28. The van der Waals surface area contributed by atoms with E-state index < -0.39 is 39.7 Å². The number of rotatable bonds is 6. The smallest absolute Gasteiger partial charge is 0.206 e. The zero-order chi connectivity index (χ0) is 15.8. The molecule has 0 amide bonds. The molecule has 0 aromatic carbocycles. The van der Waals surface area contributed by atoms with Crippen LogP contribution in [0.15, 0.2) is 0 Å². The summed E-state index contributed by atoms with van der Waals surface area (Å²) in [6, 6.07) is -2.16. The zero-order valence-electron chi connectivity index (χ0n) is 10.7. The van der Waals surface area contributed by atoms with E-state index in [0.717, 1.165) is 0 Å². The molecule has 0 aliphatic carbocycles. The lowest BCUT2D eigenvalue weighted by Gasteiger charge is -2.35. The lowest BCUT2D eigenvalue weighted by Crippen LogP contribution is -2.59. The molecule has 0 aliphatic rings. The predicted molar refractivity (Wildman–Crippen MR) is 56.9 cm³/mol. The molecule has 0 saturated heterocycles. The highest BCUT2D eigenvalue weighted by Gasteiger charge is 2.72. The van der Waals surface area contributed by atoms with Gasteiger partial charge < -0.3 is 0 Å². The Kier molecular flexibility index (Phi) is 5.32. The number of hydrogen-bond donors (Lipinski definition) is 0. The van der Waals surface area contributed by atoms with E-state index in [0.29, 0.717) is 0 Å². The summed E-state index contributed by atoms with van der Waals surface area (Å²) in [6.07, 6.45) is -4.79. The number of alkyl halides is 6. The molecule has 0 aromatic rings. The molecule has 0 N–H and O–H groups in total. The lowest BCUT2D eigenvalue weighted by molar-refractivity contribution is -0.227. The standard InChI is InChI=1S/C9H15F6NO2S/c1-5(2)16(6(3)4)19(17,18)9(14,15)8(12,13)7(10)11/h5-7H,1-4H3. The van der Waals surface area contributed by atoms with Crippen LogP contribution in [0.5, 0.6) is 0 Å². The van der Waals surface area contributed by atoms with Crippen molar-refractivity contribution in [2.45, 2.75) is 57.4 Å². The number of nitrogens with zero attached hydrogens (tertiary/aromatic N) is 1. The molecule has 0 atom stereocenters. The summed E-state index contributed by atoms with van der Waals surface area (Å²) in [5.74, 6) is -5.96. The molecule has 19 heavy (non-hydrogen) atoms. The molecule has 0 bridgehead atoms. The van der Waals surface area contributed by atoms with Crippen LogP contribution in [0.3, 0.4) is 0 Å². The molecular formula is C9H15F6NO2S. The van der Waals surface area contributed by atoms with E-state index in [4.69, 9.17) is 0 Å². The van der Waals surface area contributed by atoms with Crippen molar-refractivity contribution >= 4 is 10.0 Å². The predicted octanol–water partition coefficient (Wildman–Crippen LogP) is 2.93. The van der Waals surface area contributed by atoms with Crippen molar-refractivity contribution in [3.63, 3.8) is 0 Å². The van der Waals surface area contributed by atoms with E-state index in [2.05, 4.69) is 0 Å². The van der Waals surface area contributed by atoms with E-state index in [1.54, 1.807) is 0 Å². The van der Waals surface area contributed by atoms with Gasteiger partial charge in [-0.15, -0.1) is 0 Å². The minimum atomic E-state index is -5.96. The average molecular weight is 315 g/mol. The van der Waals surface area contributed by atoms with Crippen LogP contribution in [0.2, 0.25) is 0 Å². The van der Waals surface area contributed by atoms with Crippen LogP contribution >= 0.6 is 0 Å². The molecule has 0 heterocycles. The molecule has 10 heteroatoms. The summed E-state index contributed by atoms with van der Waals surface area (Å²) < 4.78 is 99.5. The highest BCUT2D eigenvalue weighted by molar-refractivity contribution is 7.90. The maximum absolute atomic E-state index is 13.3. The zero-order valence-corrected chi connectivity index (χ0v) is 11.5. The Morgan fingerprint density at radius 3 is 1.42 bits per heavy atom. The summed E-state index contributed by atoms with van der Waals surface area (Å²) in [6.45, 7) is 4.70. The van der Waals surface area contributed by atoms with Crippen LogP contribution in [0.25, 0.3) is 0 Å². The second kappa shape index (κ2) is 5.47. The fourth-order valence-corrected chi connectivity index (χ4v) is 3.39. The van der Waals surface area contributed by atoms with Crippen LogP contribution in [0, 0.1) is 0 Å². The lowest BCUT2D eigenvalue weighted by atomic mass is 10.3. The molecule has 0 spiro atoms. The summed E-state index contributed by atoms with van der Waals surface area (Å²) in [7, 11) is -5.93. The van der Waals surface area contributed by atoms with Gasteiger partial charge in [-0.05, 0) is 27.7 Å². The first-order chi connectivity index (χ1) is 8.21. The highest BCUT2D eigenvalue weighted by atomic mass is 32.2. The fraction of sp³-hybridized carbons (Fsp3) is 1.00. The molecule has 0 rings (SSSR count). The quantitative estimate of drug-likeness (QED) is 0.707. The van der Waals surface area contributed by atoms with Gasteiger partial charge in [0.15, 0.2) is 0 Å². The second-order valence-electron chi connectivity index (χ2n) is 4.46. The molecule has 0 radical (unpaired) electrons.